The van der Waals surface area contributed by atoms with Gasteiger partial charge < -0.3 is 49.6 Å². The Morgan fingerprint density at radius 3 is 0.703 bits per heavy atom. The molecule has 0 unspecified atom stereocenters. The molecule has 2 aliphatic heterocycles. The summed E-state index contributed by atoms with van der Waals surface area (Å²) in [5, 5.41) is 46.8. The molecule has 12 nitrogen and oxygen atoms in total. The molecule has 4 aromatic carbocycles. The van der Waals surface area contributed by atoms with Crippen LogP contribution in [0.15, 0.2) is 121 Å². The molecule has 0 amide bonds. The van der Waals surface area contributed by atoms with Crippen molar-refractivity contribution in [3.8, 4) is 44.5 Å². The monoisotopic (exact) mass is 1060 g/mol. The number of nitrogens with zero attached hydrogens (tertiary/aromatic N) is 2. The number of fused-ring (bicyclic) bond motifs is 8. The first kappa shape index (κ1) is 45.2. The van der Waals surface area contributed by atoms with Crippen molar-refractivity contribution < 1.29 is 74.2 Å². The summed E-state index contributed by atoms with van der Waals surface area (Å²) in [4.78, 5) is 64.2. The van der Waals surface area contributed by atoms with Crippen LogP contribution in [0.4, 0.5) is 0 Å². The Hall–Kier alpha value is -6.81. The number of carbonyl (C=O) groups excluding carboxylic acids is 4. The Morgan fingerprint density at radius 1 is 0.344 bits per heavy atom. The number of aromatic nitrogens is 4. The normalized spacial score (nSPS) is 11.2. The van der Waals surface area contributed by atoms with E-state index in [2.05, 4.69) is 29.4 Å². The van der Waals surface area contributed by atoms with Crippen LogP contribution in [0.2, 0.25) is 0 Å². The van der Waals surface area contributed by atoms with E-state index in [1.54, 1.807) is 48.5 Å². The summed E-state index contributed by atoms with van der Waals surface area (Å²) in [7, 11) is 9.06. The Kier molecular flexibility index (Phi) is 13.9. The van der Waals surface area contributed by atoms with E-state index in [1.165, 1.54) is 48.5 Å². The number of carboxylic acid groups (broad SMARTS) is 4. The first-order chi connectivity index (χ1) is 31.0. The van der Waals surface area contributed by atoms with E-state index >= 15 is 0 Å². The molecule has 16 heteroatoms. The van der Waals surface area contributed by atoms with E-state index in [0.29, 0.717) is 89.4 Å². The van der Waals surface area contributed by atoms with Gasteiger partial charge >= 0.3 is 54.0 Å². The fraction of sp³-hybridized carbons (Fsp3) is 0. The molecule has 0 aliphatic carbocycles. The van der Waals surface area contributed by atoms with E-state index in [0.717, 1.165) is 0 Å². The second-order valence-electron chi connectivity index (χ2n) is 14.0. The molecule has 64 heavy (non-hydrogen) atoms. The zero-order valence-corrected chi connectivity index (χ0v) is 37.2. The fourth-order valence-electron chi connectivity index (χ4n) is 7.51. The molecule has 9 rings (SSSR count). The van der Waals surface area contributed by atoms with Gasteiger partial charge in [-0.1, -0.05) is 97.1 Å². The molecular formula is C48H26Cl2N4O8Rh2. The Morgan fingerprint density at radius 2 is 0.531 bits per heavy atom. The number of rotatable bonds is 8. The van der Waals surface area contributed by atoms with Crippen LogP contribution in [0.1, 0.15) is 64.2 Å². The average Bonchev–Trinajstić information content (AvgIpc) is 4.17. The summed E-state index contributed by atoms with van der Waals surface area (Å²) in [5.74, 6) is -5.30. The number of aromatic amines is 2. The summed E-state index contributed by atoms with van der Waals surface area (Å²) < 4.78 is 0. The SMILES string of the molecule is O=C([O-])c1ccc(-c2c3nc(c(-c4ccc(C(=O)[O-])cc4)c4ccc([nH]4)c(-c4ccc(C(=O)[O-])cc4)c4nc(c(-c5ccc(C(=O)[O-])cc5)c5ccc2[nH]5)C=C4)C=C3)cc1.[Cl][Rh+2].[Cl][Rh+2]. The van der Waals surface area contributed by atoms with E-state index in [9.17, 15) is 39.6 Å². The van der Waals surface area contributed by atoms with Gasteiger partial charge in [-0.2, -0.15) is 0 Å². The van der Waals surface area contributed by atoms with Crippen LogP contribution >= 0.6 is 19.4 Å². The van der Waals surface area contributed by atoms with Crippen LogP contribution in [-0.2, 0) is 34.6 Å². The number of carboxylic acids is 4. The van der Waals surface area contributed by atoms with Gasteiger partial charge in [0.25, 0.3) is 0 Å². The molecule has 0 saturated heterocycles. The van der Waals surface area contributed by atoms with Gasteiger partial charge in [0.15, 0.2) is 0 Å². The minimum absolute atomic E-state index is 0.00575. The molecule has 8 bridgehead atoms. The zero-order chi connectivity index (χ0) is 45.7. The van der Waals surface area contributed by atoms with Crippen LogP contribution in [0.3, 0.4) is 0 Å². The van der Waals surface area contributed by atoms with Crippen LogP contribution in [-0.4, -0.2) is 43.8 Å². The van der Waals surface area contributed by atoms with Crippen molar-refractivity contribution in [2.45, 2.75) is 0 Å². The third-order valence-electron chi connectivity index (χ3n) is 10.4. The number of aromatic carboxylic acids is 4. The molecule has 318 valence electrons. The Balaban J connectivity index is 0.00000149. The topological polar surface area (TPSA) is 218 Å². The van der Waals surface area contributed by atoms with Gasteiger partial charge in [0.2, 0.25) is 0 Å². The standard InChI is InChI=1S/C48H30N4O8.2ClH.2Rh/c53-45(54)29-9-1-25(2-10-29)41-33-17-19-35(49-33)42(26-3-11-30(12-4-26)46(55)56)37-21-23-39(51-37)44(28-7-15-32(16-8-28)48(59)60)40-24-22-38(52-40)43(36-20-18-34(41)50-36)27-5-13-31(14-6-27)47(57)58;;;;/h1-24,49,52H,(H,53,54)(H,55,56)(H,57,58)(H,59,60);2*1H;;/q;;;2*+3/p-6. The van der Waals surface area contributed by atoms with Crippen molar-refractivity contribution in [1.82, 2.24) is 19.9 Å². The quantitative estimate of drug-likeness (QED) is 0.165. The summed E-state index contributed by atoms with van der Waals surface area (Å²) in [5.41, 5.74) is 9.58. The summed E-state index contributed by atoms with van der Waals surface area (Å²) in [6, 6.07) is 32.4. The van der Waals surface area contributed by atoms with Crippen LogP contribution < -0.4 is 20.4 Å². The number of halogens is 2. The molecule has 2 N–H and O–H groups in total. The minimum atomic E-state index is -1.32. The number of nitrogens with one attached hydrogen (secondary N) is 2. The van der Waals surface area contributed by atoms with Gasteiger partial charge in [-0.25, -0.2) is 9.97 Å². The molecule has 0 spiro atoms. The van der Waals surface area contributed by atoms with Crippen LogP contribution in [0.25, 0.3) is 90.9 Å². The second-order valence-corrected chi connectivity index (χ2v) is 14.0. The van der Waals surface area contributed by atoms with Crippen molar-refractivity contribution in [1.29, 1.82) is 0 Å². The number of benzene rings is 4. The predicted octanol–water partition coefficient (Wildman–Crippen LogP) is 6.15. The number of carbonyl (C=O) groups is 4. The van der Waals surface area contributed by atoms with Crippen molar-refractivity contribution >= 4 is 89.6 Å². The number of hydrogen-bond acceptors (Lipinski definition) is 10. The first-order valence-corrected chi connectivity index (χ1v) is 22.9. The molecular weight excluding hydrogens is 1040 g/mol. The Labute approximate surface area is 392 Å². The van der Waals surface area contributed by atoms with Crippen molar-refractivity contribution in [3.05, 3.63) is 166 Å². The molecule has 5 heterocycles. The maximum absolute atomic E-state index is 11.7. The van der Waals surface area contributed by atoms with Crippen LogP contribution in [0, 0.1) is 0 Å². The second kappa shape index (κ2) is 19.7. The molecule has 3 aromatic heterocycles. The van der Waals surface area contributed by atoms with E-state index in [1.807, 2.05) is 83.2 Å². The van der Waals surface area contributed by atoms with E-state index < -0.39 is 23.9 Å². The molecule has 0 radical (unpaired) electrons. The number of hydrogen-bond donors (Lipinski definition) is 2. The summed E-state index contributed by atoms with van der Waals surface area (Å²) in [6.45, 7) is 0. The molecule has 2 aliphatic rings. The molecule has 0 fully saturated rings. The average molecular weight is 1060 g/mol. The van der Waals surface area contributed by atoms with Crippen molar-refractivity contribution in [2.24, 2.45) is 0 Å². The predicted molar refractivity (Wildman–Crippen MR) is 230 cm³/mol. The number of H-pyrrole nitrogens is 2. The van der Waals surface area contributed by atoms with Gasteiger partial charge in [0, 0.05) is 44.3 Å². The van der Waals surface area contributed by atoms with Gasteiger partial charge in [-0.3, -0.25) is 0 Å². The third kappa shape index (κ3) is 9.13. The molecule has 7 aromatic rings. The van der Waals surface area contributed by atoms with Crippen LogP contribution in [0.5, 0.6) is 0 Å². The van der Waals surface area contributed by atoms with Crippen molar-refractivity contribution in [3.63, 3.8) is 0 Å². The summed E-state index contributed by atoms with van der Waals surface area (Å²) >= 11 is 4.04. The van der Waals surface area contributed by atoms with Gasteiger partial charge in [0.05, 0.1) is 46.7 Å². The fourth-order valence-corrected chi connectivity index (χ4v) is 7.51. The van der Waals surface area contributed by atoms with Crippen molar-refractivity contribution in [2.75, 3.05) is 0 Å². The van der Waals surface area contributed by atoms with Gasteiger partial charge in [-0.15, -0.1) is 0 Å². The Bertz CT molecular complexity index is 2780. The van der Waals surface area contributed by atoms with E-state index in [-0.39, 0.29) is 22.3 Å². The maximum atomic E-state index is 11.7. The third-order valence-corrected chi connectivity index (χ3v) is 10.4. The first-order valence-electron chi connectivity index (χ1n) is 18.7. The van der Waals surface area contributed by atoms with Gasteiger partial charge in [0.1, 0.15) is 0 Å². The molecule has 0 saturated carbocycles. The summed E-state index contributed by atoms with van der Waals surface area (Å²) in [6.07, 6.45) is 7.33. The van der Waals surface area contributed by atoms with E-state index in [4.69, 9.17) is 9.97 Å². The molecule has 0 atom stereocenters. The zero-order valence-electron chi connectivity index (χ0n) is 32.4. The van der Waals surface area contributed by atoms with Gasteiger partial charge in [-0.05, 0) is 93.1 Å².